The highest BCUT2D eigenvalue weighted by molar-refractivity contribution is 4.87. The van der Waals surface area contributed by atoms with Crippen molar-refractivity contribution in [3.8, 4) is 0 Å². The third kappa shape index (κ3) is 7.99. The second kappa shape index (κ2) is 12.4. The Labute approximate surface area is 141 Å². The molecule has 1 saturated heterocycles. The molecule has 0 aromatic rings. The van der Waals surface area contributed by atoms with Gasteiger partial charge in [0.05, 0.1) is 0 Å². The van der Waals surface area contributed by atoms with E-state index < -0.39 is 0 Å². The van der Waals surface area contributed by atoms with Crippen molar-refractivity contribution in [1.29, 1.82) is 0 Å². The van der Waals surface area contributed by atoms with E-state index in [1.165, 1.54) is 109 Å². The van der Waals surface area contributed by atoms with Crippen LogP contribution in [0.3, 0.4) is 0 Å². The molecular weight excluding hydrogens is 266 g/mol. The average molecular weight is 310 g/mol. The van der Waals surface area contributed by atoms with Gasteiger partial charge in [-0.05, 0) is 45.7 Å². The summed E-state index contributed by atoms with van der Waals surface area (Å²) in [6, 6.07) is 0. The van der Waals surface area contributed by atoms with Gasteiger partial charge in [0.25, 0.3) is 0 Å². The van der Waals surface area contributed by atoms with Gasteiger partial charge in [-0.15, -0.1) is 0 Å². The van der Waals surface area contributed by atoms with Gasteiger partial charge in [-0.25, -0.2) is 0 Å². The van der Waals surface area contributed by atoms with Gasteiger partial charge in [0.1, 0.15) is 0 Å². The molecule has 132 valence electrons. The summed E-state index contributed by atoms with van der Waals surface area (Å²) in [7, 11) is 0. The Morgan fingerprint density at radius 2 is 1.09 bits per heavy atom. The van der Waals surface area contributed by atoms with E-state index in [9.17, 15) is 0 Å². The summed E-state index contributed by atoms with van der Waals surface area (Å²) in [6.45, 7) is 9.94. The first kappa shape index (κ1) is 20.0. The van der Waals surface area contributed by atoms with Crippen LogP contribution in [0.5, 0.6) is 0 Å². The quantitative estimate of drug-likeness (QED) is 0.352. The molecule has 1 fully saturated rings. The molecule has 0 spiro atoms. The first-order valence-corrected chi connectivity index (χ1v) is 10.5. The maximum atomic E-state index is 2.88. The number of nitrogens with zero attached hydrogens (tertiary/aromatic N) is 1. The number of unbranched alkanes of at least 4 members (excludes halogenated alkanes) is 7. The van der Waals surface area contributed by atoms with E-state index in [-0.39, 0.29) is 0 Å². The van der Waals surface area contributed by atoms with E-state index in [4.69, 9.17) is 0 Å². The summed E-state index contributed by atoms with van der Waals surface area (Å²) in [6.07, 6.45) is 21.4. The Morgan fingerprint density at radius 3 is 1.59 bits per heavy atom. The average Bonchev–Trinajstić information content (AvgIpc) is 2.81. The van der Waals surface area contributed by atoms with Crippen LogP contribution in [0.2, 0.25) is 0 Å². The standard InChI is InChI=1S/C21H43N/c1-4-6-8-10-14-18-21(3,17-13-9-7-5-2)22-19-15-11-12-16-20-22/h4-20H2,1-3H3. The highest BCUT2D eigenvalue weighted by Gasteiger charge is 2.30. The Balaban J connectivity index is 2.45. The molecule has 22 heavy (non-hydrogen) atoms. The van der Waals surface area contributed by atoms with E-state index in [0.717, 1.165) is 0 Å². The lowest BCUT2D eigenvalue weighted by molar-refractivity contribution is 0.0836. The molecule has 0 radical (unpaired) electrons. The zero-order valence-corrected chi connectivity index (χ0v) is 16.0. The summed E-state index contributed by atoms with van der Waals surface area (Å²) >= 11 is 0. The molecule has 0 bridgehead atoms. The zero-order chi connectivity index (χ0) is 16.1. The summed E-state index contributed by atoms with van der Waals surface area (Å²) < 4.78 is 0. The normalized spacial score (nSPS) is 19.8. The predicted molar refractivity (Wildman–Crippen MR) is 101 cm³/mol. The third-order valence-electron chi connectivity index (χ3n) is 5.76. The largest absolute Gasteiger partial charge is 0.298 e. The molecule has 0 aliphatic carbocycles. The molecule has 0 aromatic carbocycles. The lowest BCUT2D eigenvalue weighted by Crippen LogP contribution is -2.47. The summed E-state index contributed by atoms with van der Waals surface area (Å²) in [4.78, 5) is 2.88. The number of likely N-dealkylation sites (tertiary alicyclic amines) is 1. The molecule has 0 amide bonds. The van der Waals surface area contributed by atoms with Crippen LogP contribution in [0.15, 0.2) is 0 Å². The van der Waals surface area contributed by atoms with Gasteiger partial charge in [-0.1, -0.05) is 84.5 Å². The van der Waals surface area contributed by atoms with Crippen molar-refractivity contribution < 1.29 is 0 Å². The number of rotatable bonds is 12. The third-order valence-corrected chi connectivity index (χ3v) is 5.76. The topological polar surface area (TPSA) is 3.24 Å². The van der Waals surface area contributed by atoms with E-state index in [1.54, 1.807) is 0 Å². The van der Waals surface area contributed by atoms with Crippen molar-refractivity contribution in [2.45, 2.75) is 123 Å². The Hall–Kier alpha value is -0.0400. The smallest absolute Gasteiger partial charge is 0.0181 e. The minimum absolute atomic E-state index is 0.490. The van der Waals surface area contributed by atoms with Crippen LogP contribution < -0.4 is 0 Å². The molecule has 1 unspecified atom stereocenters. The van der Waals surface area contributed by atoms with Crippen LogP contribution in [0, 0.1) is 0 Å². The molecule has 1 heteroatoms. The number of hydrogen-bond donors (Lipinski definition) is 0. The van der Waals surface area contributed by atoms with E-state index in [0.29, 0.717) is 5.54 Å². The van der Waals surface area contributed by atoms with Crippen molar-refractivity contribution in [1.82, 2.24) is 4.90 Å². The fourth-order valence-electron chi connectivity index (χ4n) is 4.09. The van der Waals surface area contributed by atoms with E-state index >= 15 is 0 Å². The highest BCUT2D eigenvalue weighted by Crippen LogP contribution is 2.31. The predicted octanol–water partition coefficient (Wildman–Crippen LogP) is 6.95. The maximum absolute atomic E-state index is 2.88. The monoisotopic (exact) mass is 309 g/mol. The van der Waals surface area contributed by atoms with Crippen LogP contribution in [0.25, 0.3) is 0 Å². The molecule has 0 aromatic heterocycles. The van der Waals surface area contributed by atoms with Crippen molar-refractivity contribution in [2.75, 3.05) is 13.1 Å². The molecule has 1 aliphatic rings. The fraction of sp³-hybridized carbons (Fsp3) is 1.00. The highest BCUT2D eigenvalue weighted by atomic mass is 15.2. The molecule has 1 atom stereocenters. The van der Waals surface area contributed by atoms with E-state index in [1.807, 2.05) is 0 Å². The molecule has 1 nitrogen and oxygen atoms in total. The Bertz CT molecular complexity index is 242. The Morgan fingerprint density at radius 1 is 0.636 bits per heavy atom. The van der Waals surface area contributed by atoms with Crippen LogP contribution >= 0.6 is 0 Å². The van der Waals surface area contributed by atoms with Gasteiger partial charge in [-0.3, -0.25) is 4.90 Å². The van der Waals surface area contributed by atoms with Crippen molar-refractivity contribution in [3.63, 3.8) is 0 Å². The van der Waals surface area contributed by atoms with E-state index in [2.05, 4.69) is 25.7 Å². The van der Waals surface area contributed by atoms with Crippen molar-refractivity contribution in [3.05, 3.63) is 0 Å². The van der Waals surface area contributed by atoms with Gasteiger partial charge in [0.2, 0.25) is 0 Å². The fourth-order valence-corrected chi connectivity index (χ4v) is 4.09. The zero-order valence-electron chi connectivity index (χ0n) is 16.0. The molecule has 1 rings (SSSR count). The first-order chi connectivity index (χ1) is 10.7. The van der Waals surface area contributed by atoms with Crippen molar-refractivity contribution >= 4 is 0 Å². The second-order valence-electron chi connectivity index (χ2n) is 7.87. The SMILES string of the molecule is CCCCCCCC(C)(CCCCCC)N1CCCCCC1. The molecule has 1 heterocycles. The van der Waals surface area contributed by atoms with Gasteiger partial charge in [0.15, 0.2) is 0 Å². The van der Waals surface area contributed by atoms with Crippen LogP contribution in [0.4, 0.5) is 0 Å². The van der Waals surface area contributed by atoms with Gasteiger partial charge in [-0.2, -0.15) is 0 Å². The summed E-state index contributed by atoms with van der Waals surface area (Å²) in [5.41, 5.74) is 0.490. The number of hydrogen-bond acceptors (Lipinski definition) is 1. The first-order valence-electron chi connectivity index (χ1n) is 10.5. The second-order valence-corrected chi connectivity index (χ2v) is 7.87. The lowest BCUT2D eigenvalue weighted by atomic mass is 9.86. The van der Waals surface area contributed by atoms with Crippen LogP contribution in [-0.4, -0.2) is 23.5 Å². The molecule has 1 aliphatic heterocycles. The summed E-state index contributed by atoms with van der Waals surface area (Å²) in [5.74, 6) is 0. The summed E-state index contributed by atoms with van der Waals surface area (Å²) in [5, 5.41) is 0. The molecule has 0 N–H and O–H groups in total. The van der Waals surface area contributed by atoms with Gasteiger partial charge >= 0.3 is 0 Å². The maximum Gasteiger partial charge on any atom is 0.0181 e. The van der Waals surface area contributed by atoms with Gasteiger partial charge in [0, 0.05) is 5.54 Å². The van der Waals surface area contributed by atoms with Gasteiger partial charge < -0.3 is 0 Å². The molecular formula is C21H43N. The minimum atomic E-state index is 0.490. The molecule has 0 saturated carbocycles. The van der Waals surface area contributed by atoms with Crippen LogP contribution in [0.1, 0.15) is 117 Å². The van der Waals surface area contributed by atoms with Crippen LogP contribution in [-0.2, 0) is 0 Å². The lowest BCUT2D eigenvalue weighted by Gasteiger charge is -2.42. The minimum Gasteiger partial charge on any atom is -0.298 e. The van der Waals surface area contributed by atoms with Crippen molar-refractivity contribution in [2.24, 2.45) is 0 Å². The Kier molecular flexibility index (Phi) is 11.3.